The van der Waals surface area contributed by atoms with Gasteiger partial charge in [-0.05, 0) is 12.5 Å². The number of amides is 1. The van der Waals surface area contributed by atoms with Gasteiger partial charge in [0.05, 0.1) is 5.01 Å². The van der Waals surface area contributed by atoms with Crippen LogP contribution < -0.4 is 5.32 Å². The van der Waals surface area contributed by atoms with E-state index in [0.29, 0.717) is 12.1 Å². The number of hydrogen-bond acceptors (Lipinski definition) is 4. The van der Waals surface area contributed by atoms with E-state index in [4.69, 9.17) is 0 Å². The van der Waals surface area contributed by atoms with Gasteiger partial charge in [-0.2, -0.15) is 0 Å². The third kappa shape index (κ3) is 3.87. The van der Waals surface area contributed by atoms with Crippen LogP contribution in [-0.2, 0) is 11.2 Å². The average Bonchev–Trinajstić information content (AvgIpc) is 2.84. The Hall–Kier alpha value is -1.72. The van der Waals surface area contributed by atoms with Gasteiger partial charge in [0.2, 0.25) is 0 Å². The van der Waals surface area contributed by atoms with Crippen LogP contribution in [0.5, 0.6) is 0 Å². The maximum atomic E-state index is 11.8. The minimum atomic E-state index is -1.11. The first-order valence-electron chi connectivity index (χ1n) is 6.09. The zero-order valence-electron chi connectivity index (χ0n) is 10.7. The number of aryl methyl sites for hydroxylation is 1. The first kappa shape index (κ1) is 13.7. The summed E-state index contributed by atoms with van der Waals surface area (Å²) < 4.78 is 0. The summed E-state index contributed by atoms with van der Waals surface area (Å²) in [5, 5.41) is 13.6. The van der Waals surface area contributed by atoms with Crippen molar-refractivity contribution in [3.05, 3.63) is 52.0 Å². The van der Waals surface area contributed by atoms with Crippen molar-refractivity contribution in [2.24, 2.45) is 0 Å². The second-order valence-electron chi connectivity index (χ2n) is 4.20. The van der Waals surface area contributed by atoms with Crippen molar-refractivity contribution in [1.82, 2.24) is 10.3 Å². The Morgan fingerprint density at radius 2 is 2.16 bits per heavy atom. The topological polar surface area (TPSA) is 62.2 Å². The number of aromatic nitrogens is 1. The first-order valence-corrected chi connectivity index (χ1v) is 6.90. The van der Waals surface area contributed by atoms with Crippen LogP contribution in [0.25, 0.3) is 0 Å². The van der Waals surface area contributed by atoms with Crippen molar-refractivity contribution < 1.29 is 9.90 Å². The van der Waals surface area contributed by atoms with E-state index in [-0.39, 0.29) is 5.91 Å². The fraction of sp³-hybridized carbons (Fsp3) is 0.286. The number of aliphatic hydroxyl groups is 1. The van der Waals surface area contributed by atoms with Crippen molar-refractivity contribution in [2.45, 2.75) is 19.4 Å². The molecule has 19 heavy (non-hydrogen) atoms. The maximum absolute atomic E-state index is 11.8. The van der Waals surface area contributed by atoms with Crippen molar-refractivity contribution >= 4 is 17.2 Å². The van der Waals surface area contributed by atoms with Gasteiger partial charge >= 0.3 is 0 Å². The highest BCUT2D eigenvalue weighted by molar-refractivity contribution is 7.11. The van der Waals surface area contributed by atoms with E-state index in [0.717, 1.165) is 16.3 Å². The molecule has 0 spiro atoms. The molecule has 1 amide bonds. The number of carbonyl (C=O) groups is 1. The summed E-state index contributed by atoms with van der Waals surface area (Å²) in [6.07, 6.45) is 1.45. The van der Waals surface area contributed by atoms with Crippen LogP contribution in [0.4, 0.5) is 0 Å². The first-order chi connectivity index (χ1) is 9.16. The lowest BCUT2D eigenvalue weighted by molar-refractivity contribution is -0.129. The number of benzene rings is 1. The lowest BCUT2D eigenvalue weighted by Gasteiger charge is -2.11. The molecule has 0 saturated heterocycles. The number of hydrogen-bond donors (Lipinski definition) is 2. The SMILES string of the molecule is Cc1ncc(CCNC(=O)[C@H](O)c2ccccc2)s1. The van der Waals surface area contributed by atoms with E-state index < -0.39 is 6.10 Å². The van der Waals surface area contributed by atoms with Gasteiger partial charge in [0, 0.05) is 24.0 Å². The second kappa shape index (κ2) is 6.45. The summed E-state index contributed by atoms with van der Waals surface area (Å²) in [6.45, 7) is 2.45. The van der Waals surface area contributed by atoms with E-state index in [1.165, 1.54) is 0 Å². The number of nitrogens with zero attached hydrogens (tertiary/aromatic N) is 1. The zero-order valence-corrected chi connectivity index (χ0v) is 11.5. The largest absolute Gasteiger partial charge is 0.378 e. The Morgan fingerprint density at radius 1 is 1.42 bits per heavy atom. The Balaban J connectivity index is 1.81. The number of carbonyl (C=O) groups excluding carboxylic acids is 1. The molecule has 4 nitrogen and oxygen atoms in total. The van der Waals surface area contributed by atoms with Gasteiger partial charge < -0.3 is 10.4 Å². The Kier molecular flexibility index (Phi) is 4.65. The number of nitrogens with one attached hydrogen (secondary N) is 1. The number of rotatable bonds is 5. The molecular formula is C14H16N2O2S. The lowest BCUT2D eigenvalue weighted by atomic mass is 10.1. The van der Waals surface area contributed by atoms with Gasteiger partial charge in [0.15, 0.2) is 6.10 Å². The zero-order chi connectivity index (χ0) is 13.7. The molecule has 1 aromatic heterocycles. The molecule has 2 aromatic rings. The summed E-state index contributed by atoms with van der Waals surface area (Å²) in [5.74, 6) is -0.368. The van der Waals surface area contributed by atoms with Gasteiger partial charge in [0.1, 0.15) is 0 Å². The summed E-state index contributed by atoms with van der Waals surface area (Å²) in [4.78, 5) is 17.1. The highest BCUT2D eigenvalue weighted by atomic mass is 32.1. The Bertz CT molecular complexity index is 539. The van der Waals surface area contributed by atoms with E-state index in [2.05, 4.69) is 10.3 Å². The average molecular weight is 276 g/mol. The molecule has 100 valence electrons. The fourth-order valence-corrected chi connectivity index (χ4v) is 2.51. The third-order valence-electron chi connectivity index (χ3n) is 2.70. The highest BCUT2D eigenvalue weighted by Crippen LogP contribution is 2.13. The normalized spacial score (nSPS) is 12.1. The van der Waals surface area contributed by atoms with Gasteiger partial charge in [-0.3, -0.25) is 4.79 Å². The maximum Gasteiger partial charge on any atom is 0.253 e. The molecule has 0 aliphatic carbocycles. The van der Waals surface area contributed by atoms with Gasteiger partial charge in [-0.25, -0.2) is 4.98 Å². The molecule has 1 atom stereocenters. The van der Waals surface area contributed by atoms with Crippen LogP contribution in [0.3, 0.4) is 0 Å². The van der Waals surface area contributed by atoms with Gasteiger partial charge in [0.25, 0.3) is 5.91 Å². The van der Waals surface area contributed by atoms with Crippen LogP contribution in [0.1, 0.15) is 21.6 Å². The molecular weight excluding hydrogens is 260 g/mol. The van der Waals surface area contributed by atoms with Crippen molar-refractivity contribution in [1.29, 1.82) is 0 Å². The fourth-order valence-electron chi connectivity index (χ4n) is 1.71. The third-order valence-corrected chi connectivity index (χ3v) is 3.68. The quantitative estimate of drug-likeness (QED) is 0.876. The number of aliphatic hydroxyl groups excluding tert-OH is 1. The van der Waals surface area contributed by atoms with Crippen molar-refractivity contribution in [3.63, 3.8) is 0 Å². The van der Waals surface area contributed by atoms with Crippen LogP contribution in [0.2, 0.25) is 0 Å². The lowest BCUT2D eigenvalue weighted by Crippen LogP contribution is -2.30. The minimum Gasteiger partial charge on any atom is -0.378 e. The van der Waals surface area contributed by atoms with Crippen LogP contribution in [0, 0.1) is 6.92 Å². The molecule has 5 heteroatoms. The molecule has 1 aromatic carbocycles. The number of thiazole rings is 1. The Morgan fingerprint density at radius 3 is 2.79 bits per heavy atom. The molecule has 2 N–H and O–H groups in total. The van der Waals surface area contributed by atoms with Crippen molar-refractivity contribution in [2.75, 3.05) is 6.54 Å². The molecule has 1 heterocycles. The predicted molar refractivity (Wildman–Crippen MR) is 75.0 cm³/mol. The predicted octanol–water partition coefficient (Wildman–Crippen LogP) is 1.84. The summed E-state index contributed by atoms with van der Waals surface area (Å²) in [7, 11) is 0. The van der Waals surface area contributed by atoms with Crippen molar-refractivity contribution in [3.8, 4) is 0 Å². The minimum absolute atomic E-state index is 0.368. The standard InChI is InChI=1S/C14H16N2O2S/c1-10-16-9-12(19-10)7-8-15-14(18)13(17)11-5-3-2-4-6-11/h2-6,9,13,17H,7-8H2,1H3,(H,15,18)/t13-/m1/s1. The van der Waals surface area contributed by atoms with Gasteiger partial charge in [-0.1, -0.05) is 30.3 Å². The van der Waals surface area contributed by atoms with E-state index in [1.807, 2.05) is 19.2 Å². The molecule has 0 aliphatic heterocycles. The molecule has 0 unspecified atom stereocenters. The van der Waals surface area contributed by atoms with E-state index in [9.17, 15) is 9.90 Å². The van der Waals surface area contributed by atoms with E-state index >= 15 is 0 Å². The molecule has 0 fully saturated rings. The monoisotopic (exact) mass is 276 g/mol. The summed E-state index contributed by atoms with van der Waals surface area (Å²) in [6, 6.07) is 8.91. The second-order valence-corrected chi connectivity index (χ2v) is 5.52. The van der Waals surface area contributed by atoms with Crippen LogP contribution >= 0.6 is 11.3 Å². The molecule has 2 rings (SSSR count). The molecule has 0 bridgehead atoms. The van der Waals surface area contributed by atoms with Gasteiger partial charge in [-0.15, -0.1) is 11.3 Å². The van der Waals surface area contributed by atoms with Crippen LogP contribution in [0.15, 0.2) is 36.5 Å². The molecule has 0 radical (unpaired) electrons. The molecule has 0 saturated carbocycles. The molecule has 0 aliphatic rings. The summed E-state index contributed by atoms with van der Waals surface area (Å²) in [5.41, 5.74) is 0.605. The Labute approximate surface area is 116 Å². The van der Waals surface area contributed by atoms with Crippen LogP contribution in [-0.4, -0.2) is 22.5 Å². The summed E-state index contributed by atoms with van der Waals surface area (Å²) >= 11 is 1.62. The highest BCUT2D eigenvalue weighted by Gasteiger charge is 2.16. The smallest absolute Gasteiger partial charge is 0.253 e. The van der Waals surface area contributed by atoms with E-state index in [1.54, 1.807) is 35.6 Å².